The van der Waals surface area contributed by atoms with E-state index in [1.54, 1.807) is 0 Å². The van der Waals surface area contributed by atoms with Crippen LogP contribution in [0.2, 0.25) is 0 Å². The molecule has 1 aliphatic rings. The zero-order valence-electron chi connectivity index (χ0n) is 15.5. The van der Waals surface area contributed by atoms with Crippen LogP contribution in [0.1, 0.15) is 23.1 Å². The Morgan fingerprint density at radius 1 is 0.889 bits per heavy atom. The first kappa shape index (κ1) is 17.6. The maximum absolute atomic E-state index is 5.75. The SMILES string of the molecule is C(=C\c1ccc(-c2ccccc2)cc1)/CNCc1ccc2c(c1)OCCC2. The molecule has 0 spiro atoms. The van der Waals surface area contributed by atoms with Crippen LogP contribution in [0.5, 0.6) is 5.75 Å². The Morgan fingerprint density at radius 3 is 2.56 bits per heavy atom. The molecule has 1 N–H and O–H groups in total. The lowest BCUT2D eigenvalue weighted by Gasteiger charge is -2.17. The second-order valence-electron chi connectivity index (χ2n) is 6.92. The molecule has 0 saturated carbocycles. The molecule has 0 saturated heterocycles. The molecule has 0 unspecified atom stereocenters. The Bertz CT molecular complexity index is 897. The Kier molecular flexibility index (Phi) is 5.66. The first-order valence-corrected chi connectivity index (χ1v) is 9.66. The van der Waals surface area contributed by atoms with Gasteiger partial charge < -0.3 is 10.1 Å². The zero-order valence-corrected chi connectivity index (χ0v) is 15.5. The largest absolute Gasteiger partial charge is 0.493 e. The van der Waals surface area contributed by atoms with Crippen LogP contribution >= 0.6 is 0 Å². The summed E-state index contributed by atoms with van der Waals surface area (Å²) < 4.78 is 5.75. The van der Waals surface area contributed by atoms with Crippen molar-refractivity contribution in [3.63, 3.8) is 0 Å². The normalized spacial score (nSPS) is 13.3. The van der Waals surface area contributed by atoms with Crippen molar-refractivity contribution in [2.24, 2.45) is 0 Å². The summed E-state index contributed by atoms with van der Waals surface area (Å²) >= 11 is 0. The lowest BCUT2D eigenvalue weighted by molar-refractivity contribution is 0.288. The highest BCUT2D eigenvalue weighted by atomic mass is 16.5. The third-order valence-electron chi connectivity index (χ3n) is 4.90. The molecule has 136 valence electrons. The third kappa shape index (κ3) is 4.66. The quantitative estimate of drug-likeness (QED) is 0.591. The number of hydrogen-bond donors (Lipinski definition) is 1. The fourth-order valence-corrected chi connectivity index (χ4v) is 3.41. The Labute approximate surface area is 161 Å². The third-order valence-corrected chi connectivity index (χ3v) is 4.90. The predicted molar refractivity (Wildman–Crippen MR) is 113 cm³/mol. The Hall–Kier alpha value is -2.84. The summed E-state index contributed by atoms with van der Waals surface area (Å²) in [5, 5.41) is 3.47. The molecule has 0 aliphatic carbocycles. The van der Waals surface area contributed by atoms with Gasteiger partial charge in [-0.1, -0.05) is 78.9 Å². The van der Waals surface area contributed by atoms with E-state index in [-0.39, 0.29) is 0 Å². The van der Waals surface area contributed by atoms with Crippen LogP contribution in [0.4, 0.5) is 0 Å². The van der Waals surface area contributed by atoms with Crippen LogP contribution in [0.3, 0.4) is 0 Å². The van der Waals surface area contributed by atoms with Crippen molar-refractivity contribution >= 4 is 6.08 Å². The number of aryl methyl sites for hydroxylation is 1. The highest BCUT2D eigenvalue weighted by molar-refractivity contribution is 5.65. The molecule has 27 heavy (non-hydrogen) atoms. The number of ether oxygens (including phenoxy) is 1. The minimum Gasteiger partial charge on any atom is -0.493 e. The summed E-state index contributed by atoms with van der Waals surface area (Å²) in [4.78, 5) is 0. The van der Waals surface area contributed by atoms with Gasteiger partial charge in [0, 0.05) is 13.1 Å². The second kappa shape index (κ2) is 8.70. The number of fused-ring (bicyclic) bond motifs is 1. The van der Waals surface area contributed by atoms with Crippen LogP contribution in [-0.4, -0.2) is 13.2 Å². The van der Waals surface area contributed by atoms with E-state index in [1.807, 2.05) is 6.07 Å². The van der Waals surface area contributed by atoms with E-state index in [1.165, 1.54) is 27.8 Å². The molecule has 3 aromatic carbocycles. The second-order valence-corrected chi connectivity index (χ2v) is 6.92. The van der Waals surface area contributed by atoms with Crippen molar-refractivity contribution < 1.29 is 4.74 Å². The smallest absolute Gasteiger partial charge is 0.122 e. The van der Waals surface area contributed by atoms with Gasteiger partial charge in [0.2, 0.25) is 0 Å². The number of benzene rings is 3. The molecule has 0 amide bonds. The molecule has 0 atom stereocenters. The minimum atomic E-state index is 0.843. The molecule has 3 aromatic rings. The monoisotopic (exact) mass is 355 g/mol. The maximum Gasteiger partial charge on any atom is 0.122 e. The lowest BCUT2D eigenvalue weighted by Crippen LogP contribution is -2.14. The summed E-state index contributed by atoms with van der Waals surface area (Å²) in [6, 6.07) is 25.7. The van der Waals surface area contributed by atoms with Gasteiger partial charge in [-0.2, -0.15) is 0 Å². The van der Waals surface area contributed by atoms with Gasteiger partial charge in [-0.15, -0.1) is 0 Å². The number of rotatable bonds is 6. The molecular formula is C25H25NO. The highest BCUT2D eigenvalue weighted by Gasteiger charge is 2.10. The zero-order chi connectivity index (χ0) is 18.3. The van der Waals surface area contributed by atoms with E-state index in [9.17, 15) is 0 Å². The average Bonchev–Trinajstić information content (AvgIpc) is 2.74. The van der Waals surface area contributed by atoms with Crippen LogP contribution in [-0.2, 0) is 13.0 Å². The van der Waals surface area contributed by atoms with E-state index >= 15 is 0 Å². The molecule has 1 aliphatic heterocycles. The molecule has 0 bridgehead atoms. The Morgan fingerprint density at radius 2 is 1.70 bits per heavy atom. The van der Waals surface area contributed by atoms with Gasteiger partial charge in [0.25, 0.3) is 0 Å². The van der Waals surface area contributed by atoms with E-state index in [0.29, 0.717) is 0 Å². The average molecular weight is 355 g/mol. The van der Waals surface area contributed by atoms with Gasteiger partial charge in [-0.3, -0.25) is 0 Å². The maximum atomic E-state index is 5.75. The van der Waals surface area contributed by atoms with E-state index in [4.69, 9.17) is 4.74 Å². The molecule has 4 rings (SSSR count). The minimum absolute atomic E-state index is 0.843. The van der Waals surface area contributed by atoms with Crippen molar-refractivity contribution in [2.45, 2.75) is 19.4 Å². The van der Waals surface area contributed by atoms with Crippen molar-refractivity contribution in [2.75, 3.05) is 13.2 Å². The summed E-state index contributed by atoms with van der Waals surface area (Å²) in [5.41, 5.74) is 6.34. The van der Waals surface area contributed by atoms with Gasteiger partial charge in [0.15, 0.2) is 0 Å². The van der Waals surface area contributed by atoms with Crippen LogP contribution in [0.25, 0.3) is 17.2 Å². The van der Waals surface area contributed by atoms with Gasteiger partial charge in [0.05, 0.1) is 6.61 Å². The number of hydrogen-bond acceptors (Lipinski definition) is 2. The van der Waals surface area contributed by atoms with Gasteiger partial charge in [0.1, 0.15) is 5.75 Å². The fraction of sp³-hybridized carbons (Fsp3) is 0.200. The summed E-state index contributed by atoms with van der Waals surface area (Å²) in [6.07, 6.45) is 6.60. The van der Waals surface area contributed by atoms with Crippen LogP contribution in [0.15, 0.2) is 78.9 Å². The van der Waals surface area contributed by atoms with Gasteiger partial charge in [-0.05, 0) is 46.7 Å². The molecule has 0 aromatic heterocycles. The molecule has 2 nitrogen and oxygen atoms in total. The van der Waals surface area contributed by atoms with E-state index in [0.717, 1.165) is 38.3 Å². The standard InChI is InChI=1S/C25H25NO/c1-2-7-22(8-3-1)23-13-10-20(11-14-23)6-4-16-26-19-21-12-15-24-9-5-17-27-25(24)18-21/h1-4,6-8,10-15,18,26H,5,9,16-17,19H2/b6-4+. The van der Waals surface area contributed by atoms with Gasteiger partial charge in [-0.25, -0.2) is 0 Å². The first-order valence-electron chi connectivity index (χ1n) is 9.66. The molecule has 1 heterocycles. The van der Waals surface area contributed by atoms with Crippen molar-refractivity contribution in [3.8, 4) is 16.9 Å². The molecule has 0 fully saturated rings. The Balaban J connectivity index is 1.27. The highest BCUT2D eigenvalue weighted by Crippen LogP contribution is 2.25. The van der Waals surface area contributed by atoms with E-state index < -0.39 is 0 Å². The van der Waals surface area contributed by atoms with Crippen LogP contribution < -0.4 is 10.1 Å². The predicted octanol–water partition coefficient (Wildman–Crippen LogP) is 5.48. The summed E-state index contributed by atoms with van der Waals surface area (Å²) in [5.74, 6) is 1.06. The summed E-state index contributed by atoms with van der Waals surface area (Å²) in [6.45, 7) is 2.54. The number of nitrogens with one attached hydrogen (secondary N) is 1. The topological polar surface area (TPSA) is 21.3 Å². The van der Waals surface area contributed by atoms with Gasteiger partial charge >= 0.3 is 0 Å². The lowest BCUT2D eigenvalue weighted by atomic mass is 10.0. The first-order chi connectivity index (χ1) is 13.4. The van der Waals surface area contributed by atoms with Crippen molar-refractivity contribution in [3.05, 3.63) is 95.6 Å². The van der Waals surface area contributed by atoms with Crippen molar-refractivity contribution in [1.29, 1.82) is 0 Å². The van der Waals surface area contributed by atoms with Crippen molar-refractivity contribution in [1.82, 2.24) is 5.32 Å². The van der Waals surface area contributed by atoms with Crippen LogP contribution in [0, 0.1) is 0 Å². The van der Waals surface area contributed by atoms with E-state index in [2.05, 4.69) is 84.2 Å². The molecule has 2 heteroatoms. The summed E-state index contributed by atoms with van der Waals surface area (Å²) in [7, 11) is 0. The fourth-order valence-electron chi connectivity index (χ4n) is 3.41. The molecular weight excluding hydrogens is 330 g/mol. The molecule has 0 radical (unpaired) electrons.